The van der Waals surface area contributed by atoms with E-state index in [0.29, 0.717) is 19.0 Å². The van der Waals surface area contributed by atoms with Crippen LogP contribution >= 0.6 is 11.3 Å². The molecular formula is C19H23N5O2S. The van der Waals surface area contributed by atoms with Crippen molar-refractivity contribution in [2.75, 3.05) is 13.1 Å². The first-order valence-electron chi connectivity index (χ1n) is 9.19. The molecule has 7 nitrogen and oxygen atoms in total. The van der Waals surface area contributed by atoms with Gasteiger partial charge in [0.05, 0.1) is 11.4 Å². The van der Waals surface area contributed by atoms with Crippen molar-refractivity contribution in [2.45, 2.75) is 46.1 Å². The summed E-state index contributed by atoms with van der Waals surface area (Å²) in [6.45, 7) is 7.33. The van der Waals surface area contributed by atoms with Gasteiger partial charge in [-0.25, -0.2) is 9.67 Å². The number of rotatable bonds is 3. The second-order valence-corrected chi connectivity index (χ2v) is 8.05. The van der Waals surface area contributed by atoms with E-state index in [1.165, 1.54) is 21.3 Å². The molecule has 1 fully saturated rings. The number of imidazole rings is 1. The molecule has 0 atom stereocenters. The number of amides is 1. The van der Waals surface area contributed by atoms with Crippen molar-refractivity contribution in [3.63, 3.8) is 0 Å². The van der Waals surface area contributed by atoms with Crippen LogP contribution < -0.4 is 5.56 Å². The standard InChI is InChI=1S/C19H23N5O2S/c1-12-4-5-16(25)23(21-12)10-17(26)22-8-6-15(7-9-22)18-19-24(14(3)20-18)13(2)11-27-19/h4-5,11,15H,6-10H2,1-3H3. The lowest BCUT2D eigenvalue weighted by Crippen LogP contribution is -2.41. The first-order valence-corrected chi connectivity index (χ1v) is 10.1. The Balaban J connectivity index is 1.44. The van der Waals surface area contributed by atoms with Crippen molar-refractivity contribution in [1.82, 2.24) is 24.1 Å². The Morgan fingerprint density at radius 3 is 2.70 bits per heavy atom. The molecular weight excluding hydrogens is 362 g/mol. The lowest BCUT2D eigenvalue weighted by molar-refractivity contribution is -0.133. The second-order valence-electron chi connectivity index (χ2n) is 7.19. The van der Waals surface area contributed by atoms with Crippen molar-refractivity contribution in [1.29, 1.82) is 0 Å². The molecule has 1 aliphatic rings. The van der Waals surface area contributed by atoms with E-state index >= 15 is 0 Å². The summed E-state index contributed by atoms with van der Waals surface area (Å²) in [5.41, 5.74) is 2.86. The molecule has 0 aromatic carbocycles. The number of carbonyl (C=O) groups is 1. The Kier molecular flexibility index (Phi) is 4.59. The number of hydrogen-bond acceptors (Lipinski definition) is 5. The van der Waals surface area contributed by atoms with Gasteiger partial charge in [-0.15, -0.1) is 11.3 Å². The van der Waals surface area contributed by atoms with Crippen molar-refractivity contribution >= 4 is 22.1 Å². The van der Waals surface area contributed by atoms with E-state index in [9.17, 15) is 9.59 Å². The summed E-state index contributed by atoms with van der Waals surface area (Å²) >= 11 is 1.74. The number of hydrogen-bond donors (Lipinski definition) is 0. The van der Waals surface area contributed by atoms with Crippen LogP contribution in [-0.4, -0.2) is 43.1 Å². The summed E-state index contributed by atoms with van der Waals surface area (Å²) in [5.74, 6) is 1.35. The number of thiazole rings is 1. The Morgan fingerprint density at radius 2 is 1.96 bits per heavy atom. The van der Waals surface area contributed by atoms with Crippen LogP contribution in [0, 0.1) is 20.8 Å². The minimum absolute atomic E-state index is 0.00311. The van der Waals surface area contributed by atoms with E-state index in [1.54, 1.807) is 17.4 Å². The number of aromatic nitrogens is 4. The van der Waals surface area contributed by atoms with Gasteiger partial charge in [-0.05, 0) is 39.7 Å². The van der Waals surface area contributed by atoms with Crippen molar-refractivity contribution in [3.05, 3.63) is 50.8 Å². The van der Waals surface area contributed by atoms with Gasteiger partial charge < -0.3 is 4.90 Å². The van der Waals surface area contributed by atoms with Gasteiger partial charge in [-0.1, -0.05) is 0 Å². The van der Waals surface area contributed by atoms with Crippen LogP contribution in [0.4, 0.5) is 0 Å². The normalized spacial score (nSPS) is 15.6. The lowest BCUT2D eigenvalue weighted by Gasteiger charge is -2.31. The molecule has 1 aliphatic heterocycles. The van der Waals surface area contributed by atoms with E-state index in [2.05, 4.69) is 21.8 Å². The minimum atomic E-state index is -0.243. The van der Waals surface area contributed by atoms with E-state index in [1.807, 2.05) is 18.7 Å². The third-order valence-corrected chi connectivity index (χ3v) is 6.32. The van der Waals surface area contributed by atoms with Crippen LogP contribution in [0.2, 0.25) is 0 Å². The number of likely N-dealkylation sites (tertiary alicyclic amines) is 1. The molecule has 8 heteroatoms. The first-order chi connectivity index (χ1) is 12.9. The maximum Gasteiger partial charge on any atom is 0.267 e. The Hall–Kier alpha value is -2.48. The predicted molar refractivity (Wildman–Crippen MR) is 104 cm³/mol. The average molecular weight is 385 g/mol. The van der Waals surface area contributed by atoms with Crippen molar-refractivity contribution in [3.8, 4) is 0 Å². The summed E-state index contributed by atoms with van der Waals surface area (Å²) in [4.78, 5) is 32.4. The van der Waals surface area contributed by atoms with Gasteiger partial charge in [0.15, 0.2) is 0 Å². The highest BCUT2D eigenvalue weighted by Gasteiger charge is 2.28. The van der Waals surface area contributed by atoms with Crippen LogP contribution in [0.1, 0.15) is 41.7 Å². The highest BCUT2D eigenvalue weighted by atomic mass is 32.1. The van der Waals surface area contributed by atoms with Gasteiger partial charge in [-0.2, -0.15) is 5.10 Å². The van der Waals surface area contributed by atoms with Gasteiger partial charge in [-0.3, -0.25) is 14.0 Å². The molecule has 142 valence electrons. The Bertz CT molecular complexity index is 1060. The van der Waals surface area contributed by atoms with Crippen molar-refractivity contribution < 1.29 is 4.79 Å². The smallest absolute Gasteiger partial charge is 0.267 e. The second kappa shape index (κ2) is 6.92. The Morgan fingerprint density at radius 1 is 1.22 bits per heavy atom. The van der Waals surface area contributed by atoms with E-state index in [4.69, 9.17) is 4.98 Å². The number of carbonyl (C=O) groups excluding carboxylic acids is 1. The number of aryl methyl sites for hydroxylation is 3. The Labute approximate surface area is 161 Å². The zero-order valence-electron chi connectivity index (χ0n) is 15.8. The largest absolute Gasteiger partial charge is 0.341 e. The molecule has 27 heavy (non-hydrogen) atoms. The number of nitrogens with zero attached hydrogens (tertiary/aromatic N) is 5. The summed E-state index contributed by atoms with van der Waals surface area (Å²) in [6.07, 6.45) is 1.79. The third kappa shape index (κ3) is 3.29. The molecule has 0 bridgehead atoms. The monoisotopic (exact) mass is 385 g/mol. The fourth-order valence-electron chi connectivity index (χ4n) is 3.82. The molecule has 3 aromatic rings. The quantitative estimate of drug-likeness (QED) is 0.693. The zero-order valence-corrected chi connectivity index (χ0v) is 16.6. The summed E-state index contributed by atoms with van der Waals surface area (Å²) in [5, 5.41) is 6.32. The topological polar surface area (TPSA) is 72.5 Å². The molecule has 0 N–H and O–H groups in total. The number of piperidine rings is 1. The molecule has 1 amide bonds. The van der Waals surface area contributed by atoms with Crippen molar-refractivity contribution in [2.24, 2.45) is 0 Å². The summed E-state index contributed by atoms with van der Waals surface area (Å²) in [7, 11) is 0. The molecule has 0 aliphatic carbocycles. The van der Waals surface area contributed by atoms with Gasteiger partial charge in [0.1, 0.15) is 17.2 Å². The van der Waals surface area contributed by atoms with Gasteiger partial charge in [0.2, 0.25) is 5.91 Å². The molecule has 0 spiro atoms. The van der Waals surface area contributed by atoms with Gasteiger partial charge >= 0.3 is 0 Å². The predicted octanol–water partition coefficient (Wildman–Crippen LogP) is 2.28. The molecule has 4 heterocycles. The molecule has 1 saturated heterocycles. The van der Waals surface area contributed by atoms with E-state index in [0.717, 1.165) is 30.1 Å². The molecule has 0 radical (unpaired) electrons. The molecule has 0 unspecified atom stereocenters. The van der Waals surface area contributed by atoms with Gasteiger partial charge in [0.25, 0.3) is 5.56 Å². The summed E-state index contributed by atoms with van der Waals surface area (Å²) in [6, 6.07) is 3.12. The minimum Gasteiger partial charge on any atom is -0.341 e. The molecule has 4 rings (SSSR count). The number of fused-ring (bicyclic) bond motifs is 1. The SMILES string of the molecule is Cc1ccc(=O)n(CC(=O)N2CCC(c3nc(C)n4c(C)csc34)CC2)n1. The fourth-order valence-corrected chi connectivity index (χ4v) is 4.92. The lowest BCUT2D eigenvalue weighted by atomic mass is 9.94. The van der Waals surface area contributed by atoms with Crippen LogP contribution in [0.3, 0.4) is 0 Å². The maximum atomic E-state index is 12.6. The highest BCUT2D eigenvalue weighted by molar-refractivity contribution is 7.15. The van der Waals surface area contributed by atoms with Crippen LogP contribution in [0.25, 0.3) is 4.83 Å². The first kappa shape index (κ1) is 17.9. The van der Waals surface area contributed by atoms with E-state index < -0.39 is 0 Å². The molecule has 3 aromatic heterocycles. The van der Waals surface area contributed by atoms with Crippen LogP contribution in [-0.2, 0) is 11.3 Å². The highest BCUT2D eigenvalue weighted by Crippen LogP contribution is 2.33. The van der Waals surface area contributed by atoms with Gasteiger partial charge in [0, 0.05) is 36.1 Å². The third-order valence-electron chi connectivity index (χ3n) is 5.24. The van der Waals surface area contributed by atoms with Crippen LogP contribution in [0.15, 0.2) is 22.3 Å². The maximum absolute atomic E-state index is 12.6. The van der Waals surface area contributed by atoms with Crippen LogP contribution in [0.5, 0.6) is 0 Å². The fraction of sp³-hybridized carbons (Fsp3) is 0.474. The zero-order chi connectivity index (χ0) is 19.1. The average Bonchev–Trinajstić information content (AvgIpc) is 3.19. The summed E-state index contributed by atoms with van der Waals surface area (Å²) < 4.78 is 3.47. The molecule has 0 saturated carbocycles. The van der Waals surface area contributed by atoms with E-state index in [-0.39, 0.29) is 18.0 Å².